The molecule has 14 heavy (non-hydrogen) atoms. The summed E-state index contributed by atoms with van der Waals surface area (Å²) >= 11 is 0. The molecular weight excluding hydrogens is 168 g/mol. The van der Waals surface area contributed by atoms with Gasteiger partial charge in [0.15, 0.2) is 0 Å². The Bertz CT molecular complexity index is 247. The van der Waals surface area contributed by atoms with Gasteiger partial charge in [0.2, 0.25) is 0 Å². The Morgan fingerprint density at radius 1 is 1.29 bits per heavy atom. The lowest BCUT2D eigenvalue weighted by atomic mass is 9.87. The molecule has 1 fully saturated rings. The maximum absolute atomic E-state index is 4.22. The number of allylic oxidation sites excluding steroid dienone is 3. The maximum Gasteiger partial charge on any atom is -0.0194 e. The molecule has 0 nitrogen and oxygen atoms in total. The van der Waals surface area contributed by atoms with Crippen molar-refractivity contribution >= 4 is 0 Å². The fraction of sp³-hybridized carbons (Fsp3) is 0.714. The van der Waals surface area contributed by atoms with E-state index in [1.165, 1.54) is 50.5 Å². The molecule has 0 heteroatoms. The minimum absolute atomic E-state index is 0.822. The summed E-state index contributed by atoms with van der Waals surface area (Å²) in [6, 6.07) is 0. The minimum atomic E-state index is 0.822. The molecule has 0 heterocycles. The molecule has 2 unspecified atom stereocenters. The highest BCUT2D eigenvalue weighted by atomic mass is 14.3. The Hall–Kier alpha value is -0.520. The Morgan fingerprint density at radius 3 is 2.93 bits per heavy atom. The van der Waals surface area contributed by atoms with Crippen LogP contribution < -0.4 is 0 Å². The maximum atomic E-state index is 4.22. The highest BCUT2D eigenvalue weighted by molar-refractivity contribution is 5.12. The standard InChI is InChI=1S/C14H22/c1-3-12-4-5-13-6-7-14(10-12)9-11(2)8-13/h10,13-14H,2-9H2,1H3. The van der Waals surface area contributed by atoms with E-state index in [9.17, 15) is 0 Å². The molecule has 0 N–H and O–H groups in total. The average molecular weight is 190 g/mol. The van der Waals surface area contributed by atoms with Crippen molar-refractivity contribution in [2.24, 2.45) is 11.8 Å². The number of hydrogen-bond donors (Lipinski definition) is 0. The van der Waals surface area contributed by atoms with Crippen LogP contribution in [-0.4, -0.2) is 0 Å². The zero-order valence-electron chi connectivity index (χ0n) is 9.39. The van der Waals surface area contributed by atoms with Gasteiger partial charge in [0, 0.05) is 0 Å². The van der Waals surface area contributed by atoms with Crippen LogP contribution in [0.1, 0.15) is 51.9 Å². The molecule has 2 bridgehead atoms. The van der Waals surface area contributed by atoms with Gasteiger partial charge >= 0.3 is 0 Å². The molecule has 2 aliphatic carbocycles. The lowest BCUT2D eigenvalue weighted by Crippen LogP contribution is -2.04. The van der Waals surface area contributed by atoms with Crippen LogP contribution in [0.2, 0.25) is 0 Å². The molecule has 78 valence electrons. The molecule has 2 aliphatic rings. The van der Waals surface area contributed by atoms with Crippen molar-refractivity contribution in [2.75, 3.05) is 0 Å². The van der Waals surface area contributed by atoms with Crippen LogP contribution in [0.3, 0.4) is 0 Å². The Labute approximate surface area is 88.1 Å². The number of hydrogen-bond acceptors (Lipinski definition) is 0. The lowest BCUT2D eigenvalue weighted by molar-refractivity contribution is 0.421. The first-order chi connectivity index (χ1) is 6.78. The van der Waals surface area contributed by atoms with E-state index in [2.05, 4.69) is 19.6 Å². The zero-order chi connectivity index (χ0) is 9.97. The molecule has 0 amide bonds. The SMILES string of the molecule is C=C1CC2C=C(CC)CCC(CC2)C1. The van der Waals surface area contributed by atoms with Crippen molar-refractivity contribution < 1.29 is 0 Å². The third-order valence-electron chi connectivity index (χ3n) is 3.87. The molecule has 0 spiro atoms. The van der Waals surface area contributed by atoms with E-state index in [1.807, 2.05) is 0 Å². The van der Waals surface area contributed by atoms with E-state index in [0.29, 0.717) is 0 Å². The fourth-order valence-electron chi connectivity index (χ4n) is 3.01. The van der Waals surface area contributed by atoms with E-state index in [-0.39, 0.29) is 0 Å². The summed E-state index contributed by atoms with van der Waals surface area (Å²) in [6.07, 6.45) is 12.0. The third kappa shape index (κ3) is 2.29. The van der Waals surface area contributed by atoms with Crippen LogP contribution in [0.4, 0.5) is 0 Å². The second-order valence-corrected chi connectivity index (χ2v) is 5.08. The van der Waals surface area contributed by atoms with Crippen LogP contribution in [0, 0.1) is 11.8 Å². The normalized spacial score (nSPS) is 33.2. The highest BCUT2D eigenvalue weighted by Gasteiger charge is 2.22. The van der Waals surface area contributed by atoms with Gasteiger partial charge in [-0.1, -0.05) is 30.7 Å². The van der Waals surface area contributed by atoms with Gasteiger partial charge < -0.3 is 0 Å². The van der Waals surface area contributed by atoms with Crippen molar-refractivity contribution in [1.82, 2.24) is 0 Å². The van der Waals surface area contributed by atoms with E-state index in [0.717, 1.165) is 11.8 Å². The van der Waals surface area contributed by atoms with Crippen molar-refractivity contribution in [3.8, 4) is 0 Å². The molecule has 0 aromatic carbocycles. The predicted molar refractivity (Wildman–Crippen MR) is 62.2 cm³/mol. The number of fused-ring (bicyclic) bond motifs is 3. The summed E-state index contributed by atoms with van der Waals surface area (Å²) in [5.41, 5.74) is 3.21. The van der Waals surface area contributed by atoms with Crippen LogP contribution in [0.25, 0.3) is 0 Å². The number of rotatable bonds is 1. The van der Waals surface area contributed by atoms with Crippen LogP contribution >= 0.6 is 0 Å². The molecule has 2 rings (SSSR count). The third-order valence-corrected chi connectivity index (χ3v) is 3.87. The van der Waals surface area contributed by atoms with E-state index in [4.69, 9.17) is 0 Å². The van der Waals surface area contributed by atoms with Crippen molar-refractivity contribution in [3.63, 3.8) is 0 Å². The van der Waals surface area contributed by atoms with Crippen LogP contribution in [0.15, 0.2) is 23.8 Å². The van der Waals surface area contributed by atoms with Gasteiger partial charge in [0.05, 0.1) is 0 Å². The largest absolute Gasteiger partial charge is 0.0998 e. The molecular formula is C14H22. The van der Waals surface area contributed by atoms with Crippen LogP contribution in [-0.2, 0) is 0 Å². The van der Waals surface area contributed by atoms with Crippen LogP contribution in [0.5, 0.6) is 0 Å². The van der Waals surface area contributed by atoms with E-state index < -0.39 is 0 Å². The Balaban J connectivity index is 2.18. The van der Waals surface area contributed by atoms with Gasteiger partial charge in [0.25, 0.3) is 0 Å². The lowest BCUT2D eigenvalue weighted by Gasteiger charge is -2.18. The smallest absolute Gasteiger partial charge is 0.0194 e. The van der Waals surface area contributed by atoms with Gasteiger partial charge in [-0.15, -0.1) is 0 Å². The van der Waals surface area contributed by atoms with Gasteiger partial charge in [-0.25, -0.2) is 0 Å². The molecule has 0 aliphatic heterocycles. The predicted octanol–water partition coefficient (Wildman–Crippen LogP) is 4.48. The van der Waals surface area contributed by atoms with Crippen molar-refractivity contribution in [2.45, 2.75) is 51.9 Å². The fourth-order valence-corrected chi connectivity index (χ4v) is 3.01. The quantitative estimate of drug-likeness (QED) is 0.535. The minimum Gasteiger partial charge on any atom is -0.0998 e. The van der Waals surface area contributed by atoms with Gasteiger partial charge in [-0.05, 0) is 56.8 Å². The Kier molecular flexibility index (Phi) is 3.10. The summed E-state index contributed by atoms with van der Waals surface area (Å²) in [4.78, 5) is 0. The van der Waals surface area contributed by atoms with Gasteiger partial charge in [0.1, 0.15) is 0 Å². The van der Waals surface area contributed by atoms with E-state index in [1.54, 1.807) is 5.57 Å². The molecule has 0 radical (unpaired) electrons. The zero-order valence-corrected chi connectivity index (χ0v) is 9.39. The van der Waals surface area contributed by atoms with Crippen molar-refractivity contribution in [1.29, 1.82) is 0 Å². The molecule has 1 saturated carbocycles. The molecule has 0 aromatic rings. The van der Waals surface area contributed by atoms with Gasteiger partial charge in [-0.2, -0.15) is 0 Å². The Morgan fingerprint density at radius 2 is 2.14 bits per heavy atom. The first kappa shape index (κ1) is 10.0. The second-order valence-electron chi connectivity index (χ2n) is 5.08. The van der Waals surface area contributed by atoms with Gasteiger partial charge in [-0.3, -0.25) is 0 Å². The topological polar surface area (TPSA) is 0 Å². The summed E-state index contributed by atoms with van der Waals surface area (Å²) in [5.74, 6) is 1.77. The highest BCUT2D eigenvalue weighted by Crippen LogP contribution is 2.37. The summed E-state index contributed by atoms with van der Waals surface area (Å²) in [6.45, 7) is 6.52. The van der Waals surface area contributed by atoms with Crippen molar-refractivity contribution in [3.05, 3.63) is 23.8 Å². The first-order valence-corrected chi connectivity index (χ1v) is 6.14. The van der Waals surface area contributed by atoms with E-state index >= 15 is 0 Å². The summed E-state index contributed by atoms with van der Waals surface area (Å²) in [7, 11) is 0. The average Bonchev–Trinajstić information content (AvgIpc) is 2.26. The molecule has 2 atom stereocenters. The monoisotopic (exact) mass is 190 g/mol. The first-order valence-electron chi connectivity index (χ1n) is 6.14. The summed E-state index contributed by atoms with van der Waals surface area (Å²) in [5, 5.41) is 0. The molecule has 0 saturated heterocycles. The summed E-state index contributed by atoms with van der Waals surface area (Å²) < 4.78 is 0. The molecule has 0 aromatic heterocycles. The second kappa shape index (κ2) is 4.33.